The van der Waals surface area contributed by atoms with Crippen molar-refractivity contribution in [3.63, 3.8) is 0 Å². The maximum absolute atomic E-state index is 12.6. The van der Waals surface area contributed by atoms with Crippen molar-refractivity contribution in [2.24, 2.45) is 7.05 Å². The van der Waals surface area contributed by atoms with Gasteiger partial charge in [0.05, 0.1) is 6.54 Å². The Bertz CT molecular complexity index is 582. The first-order valence-electron chi connectivity index (χ1n) is 7.27. The first-order chi connectivity index (χ1) is 9.93. The largest absolute Gasteiger partial charge is 0.337 e. The van der Waals surface area contributed by atoms with Gasteiger partial charge in [-0.15, -0.1) is 0 Å². The lowest BCUT2D eigenvalue weighted by Crippen LogP contribution is -2.49. The molecule has 0 aromatic carbocycles. The topological polar surface area (TPSA) is 70.5 Å². The molecular weight excluding hydrogens is 270 g/mol. The van der Waals surface area contributed by atoms with Gasteiger partial charge in [-0.1, -0.05) is 0 Å². The molecule has 3 amide bonds. The van der Waals surface area contributed by atoms with Crippen molar-refractivity contribution in [3.05, 3.63) is 18.2 Å². The molecule has 7 heteroatoms. The van der Waals surface area contributed by atoms with Crippen molar-refractivity contribution in [2.75, 3.05) is 13.1 Å². The van der Waals surface area contributed by atoms with E-state index in [0.29, 0.717) is 19.5 Å². The Morgan fingerprint density at radius 2 is 2.19 bits per heavy atom. The van der Waals surface area contributed by atoms with Crippen LogP contribution in [0.1, 0.15) is 26.1 Å². The highest BCUT2D eigenvalue weighted by Crippen LogP contribution is 2.30. The normalized spacial score (nSPS) is 26.4. The maximum atomic E-state index is 12.6. The minimum absolute atomic E-state index is 0.0927. The number of imidazole rings is 1. The number of likely N-dealkylation sites (tertiary alicyclic amines) is 1. The fraction of sp³-hybridized carbons (Fsp3) is 0.643. The fourth-order valence-corrected chi connectivity index (χ4v) is 3.16. The molecule has 2 aliphatic rings. The first-order valence-corrected chi connectivity index (χ1v) is 7.27. The van der Waals surface area contributed by atoms with Crippen molar-refractivity contribution < 1.29 is 9.59 Å². The molecule has 2 aliphatic heterocycles. The molecule has 0 bridgehead atoms. The van der Waals surface area contributed by atoms with E-state index in [-0.39, 0.29) is 18.0 Å². The Hall–Kier alpha value is -1.89. The smallest absolute Gasteiger partial charge is 0.325 e. The van der Waals surface area contributed by atoms with Crippen molar-refractivity contribution >= 4 is 11.9 Å². The van der Waals surface area contributed by atoms with E-state index < -0.39 is 5.54 Å². The van der Waals surface area contributed by atoms with Crippen LogP contribution in [0.4, 0.5) is 4.79 Å². The molecule has 2 saturated heterocycles. The number of hydrogen-bond donors (Lipinski definition) is 1. The number of imide groups is 1. The summed E-state index contributed by atoms with van der Waals surface area (Å²) >= 11 is 0. The van der Waals surface area contributed by atoms with E-state index >= 15 is 0 Å². The molecule has 114 valence electrons. The van der Waals surface area contributed by atoms with Crippen LogP contribution in [-0.2, 0) is 18.4 Å². The number of carbonyl (C=O) groups is 2. The Balaban J connectivity index is 1.73. The van der Waals surface area contributed by atoms with Crippen molar-refractivity contribution in [1.29, 1.82) is 0 Å². The van der Waals surface area contributed by atoms with E-state index in [9.17, 15) is 9.59 Å². The molecular formula is C14H21N5O2. The molecule has 0 unspecified atom stereocenters. The van der Waals surface area contributed by atoms with E-state index in [1.807, 2.05) is 31.7 Å². The van der Waals surface area contributed by atoms with Gasteiger partial charge < -0.3 is 9.88 Å². The third-order valence-corrected chi connectivity index (χ3v) is 4.34. The van der Waals surface area contributed by atoms with Gasteiger partial charge in [0.25, 0.3) is 5.91 Å². The number of carbonyl (C=O) groups excluding carboxylic acids is 2. The van der Waals surface area contributed by atoms with E-state index in [4.69, 9.17) is 0 Å². The predicted octanol–water partition coefficient (Wildman–Crippen LogP) is 0.325. The Morgan fingerprint density at radius 3 is 2.76 bits per heavy atom. The van der Waals surface area contributed by atoms with E-state index in [0.717, 1.165) is 12.4 Å². The van der Waals surface area contributed by atoms with Crippen molar-refractivity contribution in [3.8, 4) is 0 Å². The standard InChI is InChI=1S/C14H21N5O2/c1-10(2)19-12(20)14(16-13(19)21)4-6-18(9-14)8-11-15-5-7-17(11)3/h5,7,10H,4,6,8-9H2,1-3H3,(H,16,21)/t14-/m0/s1. The number of nitrogens with one attached hydrogen (secondary N) is 1. The molecule has 3 heterocycles. The molecule has 0 aliphatic carbocycles. The van der Waals surface area contributed by atoms with Crippen molar-refractivity contribution in [1.82, 2.24) is 24.7 Å². The summed E-state index contributed by atoms with van der Waals surface area (Å²) in [5.41, 5.74) is -0.744. The molecule has 0 radical (unpaired) electrons. The van der Waals surface area contributed by atoms with E-state index in [1.165, 1.54) is 4.90 Å². The number of urea groups is 1. The van der Waals surface area contributed by atoms with E-state index in [1.54, 1.807) is 6.20 Å². The summed E-state index contributed by atoms with van der Waals surface area (Å²) in [5, 5.41) is 2.90. The fourth-order valence-electron chi connectivity index (χ4n) is 3.16. The van der Waals surface area contributed by atoms with Gasteiger partial charge in [-0.2, -0.15) is 0 Å². The molecule has 7 nitrogen and oxygen atoms in total. The van der Waals surface area contributed by atoms with Gasteiger partial charge >= 0.3 is 6.03 Å². The predicted molar refractivity (Wildman–Crippen MR) is 76.3 cm³/mol. The van der Waals surface area contributed by atoms with Crippen LogP contribution in [0.15, 0.2) is 12.4 Å². The minimum atomic E-state index is -0.744. The van der Waals surface area contributed by atoms with Crippen LogP contribution in [0.2, 0.25) is 0 Å². The molecule has 21 heavy (non-hydrogen) atoms. The molecule has 1 spiro atoms. The Morgan fingerprint density at radius 1 is 1.43 bits per heavy atom. The van der Waals surface area contributed by atoms with Gasteiger partial charge in [0.15, 0.2) is 0 Å². The lowest BCUT2D eigenvalue weighted by molar-refractivity contribution is -0.132. The summed E-state index contributed by atoms with van der Waals surface area (Å²) in [4.78, 5) is 32.4. The van der Waals surface area contributed by atoms with Crippen LogP contribution in [0, 0.1) is 0 Å². The number of rotatable bonds is 3. The van der Waals surface area contributed by atoms with Gasteiger partial charge in [-0.05, 0) is 20.3 Å². The minimum Gasteiger partial charge on any atom is -0.337 e. The molecule has 1 atom stereocenters. The monoisotopic (exact) mass is 291 g/mol. The third-order valence-electron chi connectivity index (χ3n) is 4.34. The summed E-state index contributed by atoms with van der Waals surface area (Å²) in [5.74, 6) is 0.870. The zero-order chi connectivity index (χ0) is 15.2. The quantitative estimate of drug-likeness (QED) is 0.815. The van der Waals surface area contributed by atoms with Crippen LogP contribution in [0.25, 0.3) is 0 Å². The Labute approximate surface area is 123 Å². The lowest BCUT2D eigenvalue weighted by atomic mass is 9.98. The van der Waals surface area contributed by atoms with Crippen LogP contribution < -0.4 is 5.32 Å². The van der Waals surface area contributed by atoms with Crippen LogP contribution >= 0.6 is 0 Å². The summed E-state index contributed by atoms with van der Waals surface area (Å²) in [6, 6.07) is -0.380. The number of amides is 3. The van der Waals surface area contributed by atoms with Gasteiger partial charge in [-0.25, -0.2) is 9.78 Å². The molecule has 1 aromatic heterocycles. The van der Waals surface area contributed by atoms with Crippen LogP contribution in [0.3, 0.4) is 0 Å². The molecule has 2 fully saturated rings. The average molecular weight is 291 g/mol. The van der Waals surface area contributed by atoms with Gasteiger partial charge in [-0.3, -0.25) is 14.6 Å². The van der Waals surface area contributed by atoms with Gasteiger partial charge in [0, 0.05) is 38.6 Å². The van der Waals surface area contributed by atoms with E-state index in [2.05, 4.69) is 15.2 Å². The second-order valence-corrected chi connectivity index (χ2v) is 6.20. The molecule has 0 saturated carbocycles. The second-order valence-electron chi connectivity index (χ2n) is 6.20. The van der Waals surface area contributed by atoms with Crippen molar-refractivity contribution in [2.45, 2.75) is 38.4 Å². The second kappa shape index (κ2) is 4.84. The zero-order valence-corrected chi connectivity index (χ0v) is 12.7. The molecule has 1 aromatic rings. The highest BCUT2D eigenvalue weighted by Gasteiger charge is 2.55. The van der Waals surface area contributed by atoms with Crippen LogP contribution in [-0.4, -0.2) is 56.0 Å². The zero-order valence-electron chi connectivity index (χ0n) is 12.7. The number of hydrogen-bond acceptors (Lipinski definition) is 4. The summed E-state index contributed by atoms with van der Waals surface area (Å²) < 4.78 is 1.97. The molecule has 3 rings (SSSR count). The lowest BCUT2D eigenvalue weighted by Gasteiger charge is -2.23. The van der Waals surface area contributed by atoms with Crippen LogP contribution in [0.5, 0.6) is 0 Å². The maximum Gasteiger partial charge on any atom is 0.325 e. The summed E-state index contributed by atoms with van der Waals surface area (Å²) in [6.07, 6.45) is 4.33. The number of nitrogens with zero attached hydrogens (tertiary/aromatic N) is 4. The van der Waals surface area contributed by atoms with Gasteiger partial charge in [0.2, 0.25) is 0 Å². The highest BCUT2D eigenvalue weighted by atomic mass is 16.2. The first kappa shape index (κ1) is 14.1. The summed E-state index contributed by atoms with van der Waals surface area (Å²) in [7, 11) is 1.96. The number of aryl methyl sites for hydroxylation is 1. The average Bonchev–Trinajstić information content (AvgIpc) is 3.04. The molecule has 1 N–H and O–H groups in total. The Kier molecular flexibility index (Phi) is 3.24. The SMILES string of the molecule is CC(C)N1C(=O)N[C@]2(CCN(Cc3nccn3C)C2)C1=O. The van der Waals surface area contributed by atoms with Gasteiger partial charge in [0.1, 0.15) is 11.4 Å². The highest BCUT2D eigenvalue weighted by molar-refractivity contribution is 6.07. The summed E-state index contributed by atoms with van der Waals surface area (Å²) in [6.45, 7) is 5.74. The number of aromatic nitrogens is 2. The third kappa shape index (κ3) is 2.21.